The highest BCUT2D eigenvalue weighted by atomic mass is 127. The third kappa shape index (κ3) is 4.91. The summed E-state index contributed by atoms with van der Waals surface area (Å²) in [6.07, 6.45) is 1.43. The number of aliphatic imine (C=N–C) groups is 1. The van der Waals surface area contributed by atoms with Crippen molar-refractivity contribution in [2.45, 2.75) is 39.3 Å². The first-order valence-corrected chi connectivity index (χ1v) is 8.94. The molecule has 1 aromatic heterocycles. The van der Waals surface area contributed by atoms with Gasteiger partial charge in [0, 0.05) is 43.5 Å². The summed E-state index contributed by atoms with van der Waals surface area (Å²) >= 11 is 0. The van der Waals surface area contributed by atoms with Gasteiger partial charge in [-0.15, -0.1) is 24.0 Å². The quantitative estimate of drug-likeness (QED) is 0.394. The normalized spacial score (nSPS) is 17.1. The van der Waals surface area contributed by atoms with Gasteiger partial charge >= 0.3 is 0 Å². The minimum Gasteiger partial charge on any atom is -0.459 e. The third-order valence-corrected chi connectivity index (χ3v) is 4.82. The maximum Gasteiger partial charge on any atom is 0.222 e. The molecule has 1 aromatic carbocycles. The molecule has 1 aliphatic heterocycles. The van der Waals surface area contributed by atoms with E-state index in [9.17, 15) is 9.18 Å². The van der Waals surface area contributed by atoms with Crippen molar-refractivity contribution in [2.24, 2.45) is 4.99 Å². The minimum atomic E-state index is -0.272. The van der Waals surface area contributed by atoms with E-state index in [0.29, 0.717) is 31.1 Å². The van der Waals surface area contributed by atoms with E-state index < -0.39 is 0 Å². The van der Waals surface area contributed by atoms with Crippen molar-refractivity contribution in [3.8, 4) is 0 Å². The lowest BCUT2D eigenvalue weighted by molar-refractivity contribution is -0.129. The predicted molar refractivity (Wildman–Crippen MR) is 115 cm³/mol. The molecule has 2 aromatic rings. The molecule has 1 atom stereocenters. The van der Waals surface area contributed by atoms with Crippen LogP contribution in [0.1, 0.15) is 31.1 Å². The molecule has 0 spiro atoms. The van der Waals surface area contributed by atoms with Gasteiger partial charge in [0.1, 0.15) is 17.2 Å². The van der Waals surface area contributed by atoms with Gasteiger partial charge in [0.2, 0.25) is 5.91 Å². The number of nitrogens with zero attached hydrogens (tertiary/aromatic N) is 2. The molecule has 1 saturated heterocycles. The van der Waals surface area contributed by atoms with E-state index in [1.54, 1.807) is 13.1 Å². The van der Waals surface area contributed by atoms with Crippen LogP contribution in [0, 0.1) is 12.7 Å². The van der Waals surface area contributed by atoms with E-state index in [4.69, 9.17) is 4.42 Å². The van der Waals surface area contributed by atoms with Crippen LogP contribution in [0.15, 0.2) is 27.6 Å². The maximum atomic E-state index is 13.4. The first-order chi connectivity index (χ1) is 12.5. The van der Waals surface area contributed by atoms with Gasteiger partial charge in [-0.3, -0.25) is 9.79 Å². The third-order valence-electron chi connectivity index (χ3n) is 4.82. The van der Waals surface area contributed by atoms with Crippen LogP contribution in [0.3, 0.4) is 0 Å². The number of likely N-dealkylation sites (tertiary alicyclic amines) is 1. The molecule has 27 heavy (non-hydrogen) atoms. The second-order valence-electron chi connectivity index (χ2n) is 6.54. The van der Waals surface area contributed by atoms with Crippen molar-refractivity contribution < 1.29 is 13.6 Å². The summed E-state index contributed by atoms with van der Waals surface area (Å²) in [5, 5.41) is 7.37. The Bertz CT molecular complexity index is 836. The number of carbonyl (C=O) groups excluding carboxylic acids is 1. The molecule has 8 heteroatoms. The number of nitrogens with one attached hydrogen (secondary N) is 2. The van der Waals surface area contributed by atoms with Gasteiger partial charge in [0.05, 0.1) is 6.54 Å². The summed E-state index contributed by atoms with van der Waals surface area (Å²) in [4.78, 5) is 17.9. The number of amides is 1. The van der Waals surface area contributed by atoms with Crippen molar-refractivity contribution in [1.82, 2.24) is 15.5 Å². The van der Waals surface area contributed by atoms with Gasteiger partial charge in [-0.05, 0) is 31.5 Å². The van der Waals surface area contributed by atoms with Crippen LogP contribution in [0.4, 0.5) is 4.39 Å². The van der Waals surface area contributed by atoms with E-state index in [-0.39, 0.29) is 41.7 Å². The molecular formula is C19H26FIN4O2. The number of aryl methyl sites for hydroxylation is 1. The number of guanidine groups is 1. The second kappa shape index (κ2) is 9.38. The maximum absolute atomic E-state index is 13.4. The number of rotatable bonds is 4. The van der Waals surface area contributed by atoms with E-state index in [2.05, 4.69) is 15.6 Å². The second-order valence-corrected chi connectivity index (χ2v) is 6.54. The molecule has 0 saturated carbocycles. The highest BCUT2D eigenvalue weighted by molar-refractivity contribution is 14.0. The van der Waals surface area contributed by atoms with Crippen LogP contribution < -0.4 is 10.6 Å². The monoisotopic (exact) mass is 488 g/mol. The molecule has 0 radical (unpaired) electrons. The Balaban J connectivity index is 0.00000261. The summed E-state index contributed by atoms with van der Waals surface area (Å²) in [6.45, 7) is 5.72. The molecule has 1 fully saturated rings. The first kappa shape index (κ1) is 21.5. The number of halogens is 2. The average molecular weight is 488 g/mol. The molecule has 0 bridgehead atoms. The number of carbonyl (C=O) groups is 1. The van der Waals surface area contributed by atoms with Gasteiger partial charge in [-0.1, -0.05) is 6.92 Å². The Labute approximate surface area is 175 Å². The Kier molecular flexibility index (Phi) is 7.46. The lowest BCUT2D eigenvalue weighted by Gasteiger charge is -2.18. The standard InChI is InChI=1S/C19H25FN4O2.HI/c1-4-18(25)24-8-7-14(11-24)23-19(21-3)22-10-17-12(2)15-9-13(20)5-6-16(15)26-17;/h5-6,9,14H,4,7-8,10-11H2,1-3H3,(H2,21,22,23);1H. The first-order valence-electron chi connectivity index (χ1n) is 8.94. The molecule has 6 nitrogen and oxygen atoms in total. The largest absolute Gasteiger partial charge is 0.459 e. The molecule has 0 aliphatic carbocycles. The number of furan rings is 1. The fourth-order valence-electron chi connectivity index (χ4n) is 3.29. The molecule has 1 unspecified atom stereocenters. The fraction of sp³-hybridized carbons (Fsp3) is 0.474. The molecule has 2 N–H and O–H groups in total. The summed E-state index contributed by atoms with van der Waals surface area (Å²) in [5.74, 6) is 1.32. The smallest absolute Gasteiger partial charge is 0.222 e. The van der Waals surface area contributed by atoms with Crippen LogP contribution >= 0.6 is 24.0 Å². The van der Waals surface area contributed by atoms with Crippen molar-refractivity contribution in [1.29, 1.82) is 0 Å². The van der Waals surface area contributed by atoms with Gasteiger partial charge in [0.15, 0.2) is 5.96 Å². The Morgan fingerprint density at radius 3 is 2.93 bits per heavy atom. The van der Waals surface area contributed by atoms with Gasteiger partial charge in [0.25, 0.3) is 0 Å². The summed E-state index contributed by atoms with van der Waals surface area (Å²) in [6, 6.07) is 4.71. The zero-order valence-corrected chi connectivity index (χ0v) is 18.2. The Morgan fingerprint density at radius 2 is 2.22 bits per heavy atom. The lowest BCUT2D eigenvalue weighted by atomic mass is 10.1. The van der Waals surface area contributed by atoms with Gasteiger partial charge in [-0.2, -0.15) is 0 Å². The zero-order chi connectivity index (χ0) is 18.7. The van der Waals surface area contributed by atoms with Crippen LogP contribution in [0.2, 0.25) is 0 Å². The van der Waals surface area contributed by atoms with Crippen LogP contribution in [-0.2, 0) is 11.3 Å². The summed E-state index contributed by atoms with van der Waals surface area (Å²) in [5.41, 5.74) is 1.59. The molecule has 2 heterocycles. The topological polar surface area (TPSA) is 69.9 Å². The highest BCUT2D eigenvalue weighted by Gasteiger charge is 2.25. The number of hydrogen-bond acceptors (Lipinski definition) is 3. The fourth-order valence-corrected chi connectivity index (χ4v) is 3.29. The van der Waals surface area contributed by atoms with Gasteiger partial charge in [-0.25, -0.2) is 4.39 Å². The van der Waals surface area contributed by atoms with E-state index in [1.807, 2.05) is 18.7 Å². The molecule has 148 valence electrons. The molecule has 1 aliphatic rings. The molecular weight excluding hydrogens is 462 g/mol. The SMILES string of the molecule is CCC(=O)N1CCC(NC(=NC)NCc2oc3ccc(F)cc3c2C)C1.I. The number of fused-ring (bicyclic) bond motifs is 1. The molecule has 3 rings (SSSR count). The van der Waals surface area contributed by atoms with Crippen molar-refractivity contribution >= 4 is 46.8 Å². The van der Waals surface area contributed by atoms with Crippen LogP contribution in [0.25, 0.3) is 11.0 Å². The summed E-state index contributed by atoms with van der Waals surface area (Å²) in [7, 11) is 1.71. The van der Waals surface area contributed by atoms with Crippen LogP contribution in [-0.4, -0.2) is 42.9 Å². The Morgan fingerprint density at radius 1 is 1.44 bits per heavy atom. The highest BCUT2D eigenvalue weighted by Crippen LogP contribution is 2.25. The minimum absolute atomic E-state index is 0. The molecule has 1 amide bonds. The van der Waals surface area contributed by atoms with Gasteiger partial charge < -0.3 is 20.0 Å². The van der Waals surface area contributed by atoms with E-state index >= 15 is 0 Å². The van der Waals surface area contributed by atoms with Crippen LogP contribution in [0.5, 0.6) is 0 Å². The number of hydrogen-bond donors (Lipinski definition) is 2. The van der Waals surface area contributed by atoms with Crippen molar-refractivity contribution in [2.75, 3.05) is 20.1 Å². The lowest BCUT2D eigenvalue weighted by Crippen LogP contribution is -2.44. The zero-order valence-electron chi connectivity index (χ0n) is 15.8. The van der Waals surface area contributed by atoms with E-state index in [1.165, 1.54) is 12.1 Å². The van der Waals surface area contributed by atoms with E-state index in [0.717, 1.165) is 29.7 Å². The average Bonchev–Trinajstić information content (AvgIpc) is 3.23. The number of benzene rings is 1. The summed E-state index contributed by atoms with van der Waals surface area (Å²) < 4.78 is 19.2. The predicted octanol–water partition coefficient (Wildman–Crippen LogP) is 3.17. The van der Waals surface area contributed by atoms with Crippen molar-refractivity contribution in [3.63, 3.8) is 0 Å². The van der Waals surface area contributed by atoms with Crippen molar-refractivity contribution in [3.05, 3.63) is 35.3 Å². The Hall–Kier alpha value is -1.84.